The lowest BCUT2D eigenvalue weighted by Gasteiger charge is -2.27. The third kappa shape index (κ3) is 20.2. The summed E-state index contributed by atoms with van der Waals surface area (Å²) in [6.45, 7) is 15.0. The highest BCUT2D eigenvalue weighted by molar-refractivity contribution is 8.00. The molecule has 0 atom stereocenters. The van der Waals surface area contributed by atoms with Crippen LogP contribution in [0.1, 0.15) is 51.3 Å². The van der Waals surface area contributed by atoms with Crippen LogP contribution in [-0.2, 0) is 59.0 Å². The van der Waals surface area contributed by atoms with Gasteiger partial charge in [-0.1, -0.05) is 58.7 Å². The van der Waals surface area contributed by atoms with Gasteiger partial charge in [0.1, 0.15) is 44.3 Å². The smallest absolute Gasteiger partial charge is 0.296 e. The number of thioether (sulfide) groups is 1. The third-order valence-electron chi connectivity index (χ3n) is 15.5. The van der Waals surface area contributed by atoms with Gasteiger partial charge in [-0.2, -0.15) is 50.2 Å². The molecule has 7 aromatic rings. The van der Waals surface area contributed by atoms with E-state index in [9.17, 15) is 58.1 Å². The summed E-state index contributed by atoms with van der Waals surface area (Å²) in [6, 6.07) is 17.0. The summed E-state index contributed by atoms with van der Waals surface area (Å²) in [4.78, 5) is 85.4. The number of para-hydroxylation sites is 2. The number of carbonyl (C=O) groups is 4. The van der Waals surface area contributed by atoms with Crippen molar-refractivity contribution in [1.82, 2.24) is 24.9 Å². The molecule has 2 saturated heterocycles. The first-order valence-corrected chi connectivity index (χ1v) is 38.8. The Hall–Kier alpha value is -9.49. The van der Waals surface area contributed by atoms with Crippen LogP contribution in [0.2, 0.25) is 0 Å². The maximum absolute atomic E-state index is 13.9. The molecule has 103 heavy (non-hydrogen) atoms. The van der Waals surface area contributed by atoms with Gasteiger partial charge < -0.3 is 59.8 Å². The largest absolute Gasteiger partial charge is 0.494 e. The first-order valence-electron chi connectivity index (χ1n) is 31.7. The van der Waals surface area contributed by atoms with Gasteiger partial charge in [0.2, 0.25) is 22.2 Å². The van der Waals surface area contributed by atoms with Gasteiger partial charge in [-0.05, 0) is 90.1 Å². The van der Waals surface area contributed by atoms with Gasteiger partial charge >= 0.3 is 0 Å². The van der Waals surface area contributed by atoms with E-state index in [0.717, 1.165) is 60.4 Å². The molecule has 40 heteroatoms. The second-order valence-electron chi connectivity index (χ2n) is 22.1. The summed E-state index contributed by atoms with van der Waals surface area (Å²) < 4.78 is 126. The number of morpholine rings is 2. The van der Waals surface area contributed by atoms with Crippen molar-refractivity contribution >= 4 is 180 Å². The third-order valence-corrected chi connectivity index (χ3v) is 20.9. The number of amides is 2. The maximum atomic E-state index is 13.9. The van der Waals surface area contributed by atoms with E-state index in [1.807, 2.05) is 47.3 Å². The zero-order valence-electron chi connectivity index (χ0n) is 56.8. The van der Waals surface area contributed by atoms with Crippen LogP contribution in [0.15, 0.2) is 119 Å². The quantitative estimate of drug-likeness (QED) is 0.00514. The Kier molecular flexibility index (Phi) is 26.1. The van der Waals surface area contributed by atoms with Crippen LogP contribution in [0.3, 0.4) is 0 Å². The standard InChI is InChI=1S/C63H73N17O17S6/c1-9-77(10-2)47-33-43(45(35-49(47)94-7)73-75-62-68-55(79-21-25-96-26-22-79)51(99-62)31-39(37(5)81)57(83)64-41-17-13-15-19-53(41)102(88,89)90)66-59-70-60(72-61(71-59)98-29-30-101(85,86)87)67-44-34-48(78(11-3)12-4)50(95-8)36-46(44)74-76-63-69-56(80-23-27-97-28-24-80)52(100-63)32-40(38(6)82)58(84)65-42-18-14-16-20-54(42)103(91,92)93/h13-20,31-36H,9-12,21-30H2,1-8H3,(H,64,83)(H,65,84)(H,85,86,87)(H,88,89,90)(H,91,92,93)(H2,66,67,70,71,72)/b39-31-,40-32+,75-73+,76-74+. The predicted molar refractivity (Wildman–Crippen MR) is 392 cm³/mol. The van der Waals surface area contributed by atoms with Gasteiger partial charge in [0, 0.05) is 70.2 Å². The summed E-state index contributed by atoms with van der Waals surface area (Å²) in [6.07, 6.45) is 2.62. The fourth-order valence-electron chi connectivity index (χ4n) is 10.4. The number of benzene rings is 4. The lowest BCUT2D eigenvalue weighted by atomic mass is 10.1. The number of carbonyl (C=O) groups excluding carboxylic acids is 4. The summed E-state index contributed by atoms with van der Waals surface area (Å²) in [5, 5.41) is 30.0. The number of nitrogens with zero attached hydrogens (tertiary/aromatic N) is 13. The SMILES string of the molecule is CCN(CC)c1cc(Nc2nc(Nc3cc(N(CC)CC)c(OC)cc3/N=N/c3nc(N4CCOCC4)c(/C=C(\C(C)=O)C(=O)Nc4ccccc4S(=O)(=O)O)s3)nc(SCCS(=O)(=O)O)n2)c(/N=N/c2nc(N3CCOCC3)c(/C=C(/C(C)=O)C(=O)Nc3ccccc3S(=O)(=O)O)s2)cc1OC. The van der Waals surface area contributed by atoms with Gasteiger partial charge in [-0.3, -0.25) is 32.8 Å². The Morgan fingerprint density at radius 1 is 0.573 bits per heavy atom. The minimum absolute atomic E-state index is 0.0227. The van der Waals surface area contributed by atoms with Crippen molar-refractivity contribution in [2.24, 2.45) is 20.5 Å². The van der Waals surface area contributed by atoms with Crippen LogP contribution in [0.25, 0.3) is 12.2 Å². The van der Waals surface area contributed by atoms with Gasteiger partial charge in [-0.25, -0.2) is 0 Å². The number of ether oxygens (including phenoxy) is 4. The molecule has 0 radical (unpaired) electrons. The van der Waals surface area contributed by atoms with Crippen LogP contribution < -0.4 is 50.3 Å². The average Bonchev–Trinajstić information content (AvgIpc) is 1.80. The molecule has 2 amide bonds. The Morgan fingerprint density at radius 2 is 0.961 bits per heavy atom. The van der Waals surface area contributed by atoms with Crippen molar-refractivity contribution in [1.29, 1.82) is 0 Å². The van der Waals surface area contributed by atoms with E-state index in [1.54, 1.807) is 24.3 Å². The van der Waals surface area contributed by atoms with Crippen molar-refractivity contribution in [2.75, 3.05) is 145 Å². The first-order chi connectivity index (χ1) is 49.1. The Labute approximate surface area is 605 Å². The Morgan fingerprint density at radius 3 is 1.31 bits per heavy atom. The molecule has 0 unspecified atom stereocenters. The topological polar surface area (TPSA) is 443 Å². The van der Waals surface area contributed by atoms with E-state index in [-0.39, 0.29) is 78.3 Å². The number of rotatable bonds is 32. The highest BCUT2D eigenvalue weighted by Crippen LogP contribution is 2.45. The number of anilines is 10. The number of Topliss-reactive ketones (excluding diaryl/α,β-unsaturated/α-hetero) is 2. The van der Waals surface area contributed by atoms with Gasteiger partial charge in [0.05, 0.1) is 101 Å². The number of nitrogens with one attached hydrogen (secondary N) is 4. The average molecular weight is 1530 g/mol. The van der Waals surface area contributed by atoms with Crippen LogP contribution >= 0.6 is 34.4 Å². The molecular weight excluding hydrogens is 1460 g/mol. The number of methoxy groups -OCH3 is 2. The molecule has 2 fully saturated rings. The van der Waals surface area contributed by atoms with Crippen LogP contribution in [-0.4, -0.2) is 192 Å². The van der Waals surface area contributed by atoms with Gasteiger partial charge in [-0.15, -0.1) is 20.5 Å². The highest BCUT2D eigenvalue weighted by atomic mass is 32.2. The van der Waals surface area contributed by atoms with Crippen molar-refractivity contribution in [3.05, 3.63) is 93.7 Å². The summed E-state index contributed by atoms with van der Waals surface area (Å²) in [5.74, 6) is -3.02. The molecule has 5 heterocycles. The van der Waals surface area contributed by atoms with E-state index >= 15 is 0 Å². The molecule has 2 aliphatic heterocycles. The molecule has 548 valence electrons. The van der Waals surface area contributed by atoms with Crippen molar-refractivity contribution < 1.29 is 77.0 Å². The van der Waals surface area contributed by atoms with Crippen molar-refractivity contribution in [3.8, 4) is 11.5 Å². The molecule has 34 nitrogen and oxygen atoms in total. The molecule has 9 rings (SSSR count). The first kappa shape index (κ1) is 77.7. The molecule has 3 aromatic heterocycles. The molecule has 2 aliphatic rings. The second-order valence-corrected chi connectivity index (χ2v) is 29.6. The van der Waals surface area contributed by atoms with E-state index < -0.39 is 69.3 Å². The zero-order chi connectivity index (χ0) is 74.3. The minimum atomic E-state index is -4.79. The zero-order valence-corrected chi connectivity index (χ0v) is 61.7. The lowest BCUT2D eigenvalue weighted by molar-refractivity contribution is -0.120. The van der Waals surface area contributed by atoms with E-state index in [0.29, 0.717) is 123 Å². The van der Waals surface area contributed by atoms with Gasteiger partial charge in [0.15, 0.2) is 16.7 Å². The van der Waals surface area contributed by atoms with Crippen molar-refractivity contribution in [2.45, 2.75) is 56.5 Å². The minimum Gasteiger partial charge on any atom is -0.494 e. The van der Waals surface area contributed by atoms with E-state index in [2.05, 4.69) is 51.7 Å². The molecule has 0 saturated carbocycles. The monoisotopic (exact) mass is 1530 g/mol. The summed E-state index contributed by atoms with van der Waals surface area (Å²) in [5.41, 5.74) is 0.703. The number of azo groups is 2. The molecule has 0 aliphatic carbocycles. The number of thiazole rings is 2. The predicted octanol–water partition coefficient (Wildman–Crippen LogP) is 10.2. The molecule has 0 spiro atoms. The number of hydrogen-bond donors (Lipinski definition) is 7. The van der Waals surface area contributed by atoms with E-state index in [1.165, 1.54) is 62.8 Å². The van der Waals surface area contributed by atoms with E-state index in [4.69, 9.17) is 33.9 Å². The van der Waals surface area contributed by atoms with Crippen LogP contribution in [0.5, 0.6) is 11.5 Å². The second kappa shape index (κ2) is 34.7. The fraction of sp³-hybridized carbons (Fsp3) is 0.349. The highest BCUT2D eigenvalue weighted by Gasteiger charge is 2.29. The number of hydrogen-bond acceptors (Lipinski definition) is 32. The van der Waals surface area contributed by atoms with Crippen LogP contribution in [0.4, 0.5) is 79.3 Å². The Bertz CT molecular complexity index is 4530. The number of aromatic nitrogens is 5. The normalized spacial score (nSPS) is 14.0. The Balaban J connectivity index is 1.13. The summed E-state index contributed by atoms with van der Waals surface area (Å²) >= 11 is 2.84. The lowest BCUT2D eigenvalue weighted by Crippen LogP contribution is -2.36. The summed E-state index contributed by atoms with van der Waals surface area (Å²) in [7, 11) is -11.1. The van der Waals surface area contributed by atoms with Crippen LogP contribution in [0, 0.1) is 0 Å². The fourth-order valence-corrected chi connectivity index (χ4v) is 15.1. The molecular formula is C63H73N17O17S6. The van der Waals surface area contributed by atoms with Gasteiger partial charge in [0.25, 0.3) is 42.2 Å². The number of ketones is 2. The molecule has 0 bridgehead atoms. The maximum Gasteiger partial charge on any atom is 0.296 e. The van der Waals surface area contributed by atoms with Crippen molar-refractivity contribution in [3.63, 3.8) is 0 Å². The molecule has 7 N–H and O–H groups in total. The molecule has 4 aromatic carbocycles.